The van der Waals surface area contributed by atoms with Crippen molar-refractivity contribution in [3.8, 4) is 17.2 Å². The molecule has 2 aromatic carbocycles. The van der Waals surface area contributed by atoms with E-state index in [1.807, 2.05) is 25.1 Å². The topological polar surface area (TPSA) is 81.7 Å². The van der Waals surface area contributed by atoms with Gasteiger partial charge in [0.2, 0.25) is 0 Å². The molecule has 2 heterocycles. The summed E-state index contributed by atoms with van der Waals surface area (Å²) in [6, 6.07) is 12.9. The minimum absolute atomic E-state index is 0.269. The molecule has 1 aliphatic rings. The standard InChI is InChI=1S/C22H21N3O4/c1-14-3-5-19(27-2)18(9-14)24-17-10-15(12-23-13-17)22(26)25-16-4-6-20-21(11-16)29-8-7-28-20/h3-6,9-13,24H,7-8H2,1-2H3,(H,25,26). The summed E-state index contributed by atoms with van der Waals surface area (Å²) in [6.07, 6.45) is 3.18. The van der Waals surface area contributed by atoms with Gasteiger partial charge < -0.3 is 24.8 Å². The number of aryl methyl sites for hydroxylation is 1. The molecule has 1 amide bonds. The van der Waals surface area contributed by atoms with Gasteiger partial charge in [-0.15, -0.1) is 0 Å². The zero-order valence-electron chi connectivity index (χ0n) is 16.2. The molecule has 0 saturated carbocycles. The summed E-state index contributed by atoms with van der Waals surface area (Å²) in [4.78, 5) is 16.9. The summed E-state index contributed by atoms with van der Waals surface area (Å²) in [7, 11) is 1.62. The van der Waals surface area contributed by atoms with E-state index in [2.05, 4.69) is 15.6 Å². The molecule has 7 heteroatoms. The highest BCUT2D eigenvalue weighted by atomic mass is 16.6. The van der Waals surface area contributed by atoms with Crippen LogP contribution in [0.4, 0.5) is 17.1 Å². The Labute approximate surface area is 168 Å². The lowest BCUT2D eigenvalue weighted by Gasteiger charge is -2.19. The second kappa shape index (κ2) is 8.10. The van der Waals surface area contributed by atoms with E-state index < -0.39 is 0 Å². The Balaban J connectivity index is 1.51. The summed E-state index contributed by atoms with van der Waals surface area (Å²) >= 11 is 0. The Kier molecular flexibility index (Phi) is 5.20. The van der Waals surface area contributed by atoms with Crippen molar-refractivity contribution in [3.63, 3.8) is 0 Å². The molecule has 0 saturated heterocycles. The van der Waals surface area contributed by atoms with E-state index in [1.165, 1.54) is 6.20 Å². The number of hydrogen-bond acceptors (Lipinski definition) is 6. The van der Waals surface area contributed by atoms with Gasteiger partial charge in [0.25, 0.3) is 5.91 Å². The fourth-order valence-electron chi connectivity index (χ4n) is 3.03. The summed E-state index contributed by atoms with van der Waals surface area (Å²) in [5, 5.41) is 6.12. The third-order valence-corrected chi connectivity index (χ3v) is 4.43. The molecule has 0 bridgehead atoms. The monoisotopic (exact) mass is 391 g/mol. The fourth-order valence-corrected chi connectivity index (χ4v) is 3.03. The van der Waals surface area contributed by atoms with Crippen molar-refractivity contribution < 1.29 is 19.0 Å². The molecule has 1 aromatic heterocycles. The lowest BCUT2D eigenvalue weighted by molar-refractivity contribution is 0.102. The molecule has 0 fully saturated rings. The third-order valence-electron chi connectivity index (χ3n) is 4.43. The number of amides is 1. The number of anilines is 3. The summed E-state index contributed by atoms with van der Waals surface area (Å²) in [5.41, 5.74) is 3.63. The second-order valence-corrected chi connectivity index (χ2v) is 6.60. The molecule has 1 aliphatic heterocycles. The molecule has 29 heavy (non-hydrogen) atoms. The minimum Gasteiger partial charge on any atom is -0.495 e. The maximum atomic E-state index is 12.7. The summed E-state index contributed by atoms with van der Waals surface area (Å²) < 4.78 is 16.4. The number of nitrogens with zero attached hydrogens (tertiary/aromatic N) is 1. The maximum absolute atomic E-state index is 12.7. The molecule has 0 atom stereocenters. The van der Waals surface area contributed by atoms with Crippen molar-refractivity contribution in [2.24, 2.45) is 0 Å². The first-order valence-electron chi connectivity index (χ1n) is 9.20. The number of nitrogens with one attached hydrogen (secondary N) is 2. The van der Waals surface area contributed by atoms with Gasteiger partial charge in [0.05, 0.1) is 30.2 Å². The highest BCUT2D eigenvalue weighted by molar-refractivity contribution is 6.04. The first kappa shape index (κ1) is 18.6. The van der Waals surface area contributed by atoms with Crippen LogP contribution in [-0.2, 0) is 0 Å². The molecule has 3 aromatic rings. The number of methoxy groups -OCH3 is 1. The fraction of sp³-hybridized carbons (Fsp3) is 0.182. The number of hydrogen-bond donors (Lipinski definition) is 2. The Morgan fingerprint density at radius 3 is 2.66 bits per heavy atom. The zero-order valence-corrected chi connectivity index (χ0v) is 16.2. The van der Waals surface area contributed by atoms with Crippen LogP contribution in [0, 0.1) is 6.92 Å². The predicted molar refractivity (Wildman–Crippen MR) is 111 cm³/mol. The van der Waals surface area contributed by atoms with E-state index in [1.54, 1.807) is 37.6 Å². The Morgan fingerprint density at radius 2 is 1.83 bits per heavy atom. The number of fused-ring (bicyclic) bond motifs is 1. The van der Waals surface area contributed by atoms with Gasteiger partial charge in [-0.3, -0.25) is 9.78 Å². The average molecular weight is 391 g/mol. The van der Waals surface area contributed by atoms with E-state index in [0.29, 0.717) is 47.4 Å². The smallest absolute Gasteiger partial charge is 0.257 e. The van der Waals surface area contributed by atoms with Gasteiger partial charge in [-0.25, -0.2) is 0 Å². The molecule has 2 N–H and O–H groups in total. The Bertz CT molecular complexity index is 1050. The first-order valence-corrected chi connectivity index (χ1v) is 9.20. The van der Waals surface area contributed by atoms with Crippen LogP contribution in [0.25, 0.3) is 0 Å². The predicted octanol–water partition coefficient (Wildman–Crippen LogP) is 4.17. The van der Waals surface area contributed by atoms with Gasteiger partial charge in [0, 0.05) is 18.0 Å². The highest BCUT2D eigenvalue weighted by Gasteiger charge is 2.14. The molecule has 148 valence electrons. The van der Waals surface area contributed by atoms with E-state index in [9.17, 15) is 4.79 Å². The van der Waals surface area contributed by atoms with Crippen LogP contribution in [0.1, 0.15) is 15.9 Å². The maximum Gasteiger partial charge on any atom is 0.257 e. The number of carbonyl (C=O) groups excluding carboxylic acids is 1. The molecule has 0 unspecified atom stereocenters. The molecular formula is C22H21N3O4. The van der Waals surface area contributed by atoms with Crippen LogP contribution in [0.5, 0.6) is 17.2 Å². The summed E-state index contributed by atoms with van der Waals surface area (Å²) in [6.45, 7) is 3.01. The van der Waals surface area contributed by atoms with Crippen molar-refractivity contribution in [1.29, 1.82) is 0 Å². The van der Waals surface area contributed by atoms with Crippen molar-refractivity contribution in [2.75, 3.05) is 31.0 Å². The van der Waals surface area contributed by atoms with Gasteiger partial charge >= 0.3 is 0 Å². The molecule has 7 nitrogen and oxygen atoms in total. The third kappa shape index (κ3) is 4.24. The van der Waals surface area contributed by atoms with E-state index in [4.69, 9.17) is 14.2 Å². The number of carbonyl (C=O) groups is 1. The van der Waals surface area contributed by atoms with Crippen molar-refractivity contribution in [2.45, 2.75) is 6.92 Å². The van der Waals surface area contributed by atoms with Crippen LogP contribution in [0.15, 0.2) is 54.9 Å². The minimum atomic E-state index is -0.269. The number of pyridine rings is 1. The Morgan fingerprint density at radius 1 is 1.00 bits per heavy atom. The van der Waals surface area contributed by atoms with Crippen LogP contribution < -0.4 is 24.8 Å². The van der Waals surface area contributed by atoms with Gasteiger partial charge in [0.1, 0.15) is 19.0 Å². The number of ether oxygens (including phenoxy) is 3. The molecular weight excluding hydrogens is 370 g/mol. The molecule has 4 rings (SSSR count). The van der Waals surface area contributed by atoms with Crippen molar-refractivity contribution >= 4 is 23.0 Å². The van der Waals surface area contributed by atoms with Crippen LogP contribution in [0.2, 0.25) is 0 Å². The highest BCUT2D eigenvalue weighted by Crippen LogP contribution is 2.33. The number of benzene rings is 2. The lowest BCUT2D eigenvalue weighted by Crippen LogP contribution is -2.16. The van der Waals surface area contributed by atoms with Crippen LogP contribution in [0.3, 0.4) is 0 Å². The van der Waals surface area contributed by atoms with E-state index in [-0.39, 0.29) is 5.91 Å². The molecule has 0 radical (unpaired) electrons. The molecule has 0 spiro atoms. The van der Waals surface area contributed by atoms with E-state index in [0.717, 1.165) is 11.3 Å². The van der Waals surface area contributed by atoms with Crippen molar-refractivity contribution in [3.05, 3.63) is 66.0 Å². The lowest BCUT2D eigenvalue weighted by atomic mass is 10.2. The van der Waals surface area contributed by atoms with Gasteiger partial charge in [-0.1, -0.05) is 6.07 Å². The second-order valence-electron chi connectivity index (χ2n) is 6.60. The van der Waals surface area contributed by atoms with Crippen LogP contribution >= 0.6 is 0 Å². The Hall–Kier alpha value is -3.74. The number of aromatic nitrogens is 1. The van der Waals surface area contributed by atoms with Gasteiger partial charge in [0.15, 0.2) is 11.5 Å². The van der Waals surface area contributed by atoms with Crippen molar-refractivity contribution in [1.82, 2.24) is 4.98 Å². The van der Waals surface area contributed by atoms with Gasteiger partial charge in [-0.2, -0.15) is 0 Å². The molecule has 0 aliphatic carbocycles. The van der Waals surface area contributed by atoms with Gasteiger partial charge in [-0.05, 0) is 42.8 Å². The first-order chi connectivity index (χ1) is 14.1. The van der Waals surface area contributed by atoms with E-state index >= 15 is 0 Å². The quantitative estimate of drug-likeness (QED) is 0.680. The van der Waals surface area contributed by atoms with Crippen LogP contribution in [-0.4, -0.2) is 31.2 Å². The SMILES string of the molecule is COc1ccc(C)cc1Nc1cncc(C(=O)Nc2ccc3c(c2)OCCO3)c1. The number of rotatable bonds is 5. The summed E-state index contributed by atoms with van der Waals surface area (Å²) in [5.74, 6) is 1.74. The average Bonchev–Trinajstić information content (AvgIpc) is 2.74. The normalized spacial score (nSPS) is 12.2. The zero-order chi connectivity index (χ0) is 20.2. The largest absolute Gasteiger partial charge is 0.495 e.